The fourth-order valence-corrected chi connectivity index (χ4v) is 17.8. The Morgan fingerprint density at radius 3 is 1.44 bits per heavy atom. The second kappa shape index (κ2) is 37.0. The van der Waals surface area contributed by atoms with Gasteiger partial charge in [-0.2, -0.15) is 0 Å². The van der Waals surface area contributed by atoms with E-state index in [-0.39, 0.29) is 56.0 Å². The Kier molecular flexibility index (Phi) is 27.9. The van der Waals surface area contributed by atoms with E-state index in [0.717, 1.165) is 69.2 Å². The summed E-state index contributed by atoms with van der Waals surface area (Å²) in [7, 11) is -4.22. The van der Waals surface area contributed by atoms with Gasteiger partial charge in [0.1, 0.15) is 22.9 Å². The summed E-state index contributed by atoms with van der Waals surface area (Å²) < 4.78 is 65.0. The van der Waals surface area contributed by atoms with Gasteiger partial charge >= 0.3 is 12.2 Å². The van der Waals surface area contributed by atoms with E-state index in [2.05, 4.69) is 82.0 Å². The number of amides is 8. The summed E-state index contributed by atoms with van der Waals surface area (Å²) >= 11 is 0. The summed E-state index contributed by atoms with van der Waals surface area (Å²) in [6, 6.07) is 30.1. The molecule has 0 radical (unpaired) electrons. The maximum absolute atomic E-state index is 13.9. The molecule has 3 aliphatic heterocycles. The predicted molar refractivity (Wildman–Crippen MR) is 413 cm³/mol. The number of benzene rings is 4. The van der Waals surface area contributed by atoms with Gasteiger partial charge in [-0.25, -0.2) is 26.4 Å². The first-order valence-corrected chi connectivity index (χ1v) is 41.2. The van der Waals surface area contributed by atoms with Crippen LogP contribution in [0.4, 0.5) is 15.3 Å². The van der Waals surface area contributed by atoms with Gasteiger partial charge in [0, 0.05) is 83.9 Å². The second-order valence-corrected chi connectivity index (χ2v) is 34.1. The van der Waals surface area contributed by atoms with E-state index in [0.29, 0.717) is 77.1 Å². The maximum atomic E-state index is 13.9. The summed E-state index contributed by atoms with van der Waals surface area (Å²) in [6.07, 6.45) is 15.1. The van der Waals surface area contributed by atoms with Crippen molar-refractivity contribution in [2.75, 3.05) is 46.8 Å². The van der Waals surface area contributed by atoms with Gasteiger partial charge in [-0.1, -0.05) is 97.1 Å². The Morgan fingerprint density at radius 1 is 0.582 bits per heavy atom. The maximum Gasteiger partial charge on any atom is 0.415 e. The van der Waals surface area contributed by atoms with Crippen LogP contribution in [0, 0.1) is 45.6 Å². The van der Waals surface area contributed by atoms with E-state index in [9.17, 15) is 70.4 Å². The van der Waals surface area contributed by atoms with Gasteiger partial charge in [0.15, 0.2) is 0 Å². The zero-order chi connectivity index (χ0) is 79.1. The molecule has 0 unspecified atom stereocenters. The van der Waals surface area contributed by atoms with E-state index >= 15 is 0 Å². The zero-order valence-corrected chi connectivity index (χ0v) is 64.4. The highest BCUT2D eigenvalue weighted by Gasteiger charge is 2.63. The minimum Gasteiger partial charge on any atom is -0.446 e. The fraction of sp³-hybridized carbons (Fsp3) is 0.506. The number of unbranched alkanes of at least 4 members (excludes halogenated alkanes) is 4. The number of nitro benzene ring substituents is 1. The zero-order valence-electron chi connectivity index (χ0n) is 62.8. The lowest BCUT2D eigenvalue weighted by Crippen LogP contribution is -2.54. The number of aliphatic hydroxyl groups is 1. The number of nitrogens with one attached hydrogen (secondary N) is 5. The van der Waals surface area contributed by atoms with Gasteiger partial charge in [0.25, 0.3) is 17.5 Å². The van der Waals surface area contributed by atoms with Crippen molar-refractivity contribution in [3.8, 4) is 5.75 Å². The van der Waals surface area contributed by atoms with E-state index in [1.165, 1.54) is 65.1 Å². The molecule has 27 nitrogen and oxygen atoms in total. The highest BCUT2D eigenvalue weighted by Crippen LogP contribution is 2.48. The van der Waals surface area contributed by atoms with Gasteiger partial charge in [-0.3, -0.25) is 48.3 Å². The molecule has 4 aromatic carbocycles. The number of allylic oxidation sites excluding steroid dienone is 2. The van der Waals surface area contributed by atoms with Crippen LogP contribution in [0.5, 0.6) is 5.75 Å². The second-order valence-electron chi connectivity index (χ2n) is 30.2. The summed E-state index contributed by atoms with van der Waals surface area (Å²) in [4.78, 5) is 122. The molecular weight excluding hydrogens is 1450 g/mol. The molecular formula is C81H104N10O17S2. The normalized spacial score (nSPS) is 24.5. The molecule has 6 fully saturated rings. The highest BCUT2D eigenvalue weighted by molar-refractivity contribution is 7.91. The average Bonchev–Trinajstić information content (AvgIpc) is 1.58. The van der Waals surface area contributed by atoms with Gasteiger partial charge < -0.3 is 50.1 Å². The molecule has 9 aliphatic rings. The van der Waals surface area contributed by atoms with Crippen molar-refractivity contribution in [3.63, 3.8) is 0 Å². The Labute approximate surface area is 644 Å². The Hall–Kier alpha value is -9.58. The average molecular weight is 1550 g/mol. The van der Waals surface area contributed by atoms with Crippen LogP contribution in [0.25, 0.3) is 0 Å². The first-order valence-electron chi connectivity index (χ1n) is 38.1. The van der Waals surface area contributed by atoms with Crippen LogP contribution in [0.15, 0.2) is 148 Å². The number of non-ortho nitro benzene ring substituents is 1. The summed E-state index contributed by atoms with van der Waals surface area (Å²) in [5.74, 6) is -6.74. The monoisotopic (exact) mass is 1550 g/mol. The first-order chi connectivity index (χ1) is 52.6. The summed E-state index contributed by atoms with van der Waals surface area (Å²) in [5, 5.41) is 28.5. The minimum absolute atomic E-state index is 0.0355. The van der Waals surface area contributed by atoms with Gasteiger partial charge in [0.2, 0.25) is 43.7 Å². The lowest BCUT2D eigenvalue weighted by molar-refractivity contribution is -0.384. The number of hydrogen-bond donors (Lipinski definition) is 6. The van der Waals surface area contributed by atoms with Crippen LogP contribution in [0.2, 0.25) is 0 Å². The molecule has 110 heavy (non-hydrogen) atoms. The minimum atomic E-state index is -3.83. The number of nitro groups is 1. The number of rotatable bonds is 27. The topological polar surface area (TPSA) is 360 Å². The van der Waals surface area contributed by atoms with Crippen molar-refractivity contribution in [2.24, 2.45) is 35.5 Å². The molecule has 6 aliphatic carbocycles. The molecule has 4 aromatic rings. The van der Waals surface area contributed by atoms with Crippen LogP contribution in [0.3, 0.4) is 0 Å². The molecule has 8 amide bonds. The molecule has 0 bridgehead atoms. The standard InChI is InChI=1S/C33H44N4O7S.C23H35N3O6S.C16H14N2O4.C9H11N/c1-4-6-7-10-16-36(3)30(39)28-19-25(44-32(41)37-17-15-22-11-8-9-12-23(22)21-37)18-27(28)29(38)34-33(20-24(33)5-2)31(40)35-45(42,43)26-13-14-26;1-4-6-7-8-11-26(3)21(29)19-13-16(27)12-18(19)20(28)24-23(14-15(23)5-2)22(30)25-33(31,32)17-9-10-17;19-16(22-15-7-5-14(6-8-15)18(20)21)17-10-9-12-3-1-2-4-13(12)11-17;1-2-4-9-7-10-6-5-8(9)3-1/h4-5,8-9,11-12,24-28H,1-2,6-7,10,13-21H2,3H3,(H,34,38)(H,35,40);4-5,15-19,27H,1-2,6-14H2,3H3,(H,24,28)(H,25,30);1-8H,9-11H2;1-4,10H,5-7H2/t24-,25-,27-,28-,33-;15-,16-,18-,19-,23-;;/m11../s1. The van der Waals surface area contributed by atoms with E-state index in [1.54, 1.807) is 33.7 Å². The fourth-order valence-electron chi connectivity index (χ4n) is 15.1. The summed E-state index contributed by atoms with van der Waals surface area (Å²) in [6.45, 7) is 20.1. The van der Waals surface area contributed by atoms with Crippen LogP contribution in [-0.4, -0.2) is 175 Å². The number of nitrogens with zero attached hydrogens (tertiary/aromatic N) is 5. The van der Waals surface area contributed by atoms with Crippen LogP contribution in [-0.2, 0) is 92.4 Å². The van der Waals surface area contributed by atoms with Gasteiger partial charge in [-0.05, 0) is 174 Å². The molecule has 0 spiro atoms. The molecule has 0 saturated heterocycles. The molecule has 6 saturated carbocycles. The van der Waals surface area contributed by atoms with E-state index in [4.69, 9.17) is 9.47 Å². The van der Waals surface area contributed by atoms with Crippen LogP contribution in [0.1, 0.15) is 136 Å². The molecule has 29 heteroatoms. The molecule has 10 atom stereocenters. The largest absolute Gasteiger partial charge is 0.446 e. The molecule has 592 valence electrons. The summed E-state index contributed by atoms with van der Waals surface area (Å²) in [5.41, 5.74) is 4.73. The van der Waals surface area contributed by atoms with Crippen molar-refractivity contribution >= 4 is 73.4 Å². The Morgan fingerprint density at radius 2 is 1.00 bits per heavy atom. The molecule has 6 N–H and O–H groups in total. The van der Waals surface area contributed by atoms with Crippen LogP contribution < -0.4 is 30.1 Å². The number of aliphatic hydroxyl groups excluding tert-OH is 1. The lowest BCUT2D eigenvalue weighted by atomic mass is 9.93. The third kappa shape index (κ3) is 21.1. The smallest absolute Gasteiger partial charge is 0.415 e. The van der Waals surface area contributed by atoms with Crippen molar-refractivity contribution in [1.29, 1.82) is 0 Å². The Balaban J connectivity index is 0.000000172. The number of sulfonamides is 2. The molecule has 0 aromatic heterocycles. The highest BCUT2D eigenvalue weighted by atomic mass is 32.2. The van der Waals surface area contributed by atoms with Gasteiger partial charge in [-0.15, -0.1) is 26.3 Å². The number of carbonyl (C=O) groups excluding carboxylic acids is 8. The van der Waals surface area contributed by atoms with E-state index in [1.807, 2.05) is 54.6 Å². The van der Waals surface area contributed by atoms with Crippen molar-refractivity contribution in [2.45, 2.75) is 175 Å². The number of hydrogen-bond acceptors (Lipinski definition) is 18. The van der Waals surface area contributed by atoms with Crippen LogP contribution >= 0.6 is 0 Å². The van der Waals surface area contributed by atoms with Crippen molar-refractivity contribution in [1.82, 2.24) is 45.0 Å². The number of ether oxygens (including phenoxy) is 2. The Bertz CT molecular complexity index is 4300. The lowest BCUT2D eigenvalue weighted by Gasteiger charge is -2.29. The predicted octanol–water partition coefficient (Wildman–Crippen LogP) is 8.40. The van der Waals surface area contributed by atoms with E-state index < -0.39 is 130 Å². The SMILES string of the molecule is C=CCCCCN(C)C(=O)[C@@H]1C[C@H](O)C[C@H]1C(=O)N[C@]1(C(=O)NS(=O)(=O)C2CC2)C[C@H]1C=C.C=CCCCCN(C)C(=O)[C@@H]1C[C@H](OC(=O)N2CCc3ccccc3C2)C[C@H]1C(=O)N[C@]1(C(=O)NS(=O)(=O)C2CC2)C[C@H]1C=C.O=C(Oc1ccc([N+](=O)[O-])cc1)N1CCc2ccccc2C1.c1ccc2c(c1)CCNC2. The third-order valence-corrected chi connectivity index (χ3v) is 25.9. The number of carbonyl (C=O) groups is 8. The quantitative estimate of drug-likeness (QED) is 0.0141. The molecule has 3 heterocycles. The van der Waals surface area contributed by atoms with Crippen molar-refractivity contribution < 1.29 is 74.7 Å². The molecule has 13 rings (SSSR count). The third-order valence-electron chi connectivity index (χ3n) is 22.2. The van der Waals surface area contributed by atoms with Crippen molar-refractivity contribution in [3.05, 3.63) is 191 Å². The number of fused-ring (bicyclic) bond motifs is 3. The van der Waals surface area contributed by atoms with Gasteiger partial charge in [0.05, 0.1) is 45.2 Å². The first kappa shape index (κ1) is 82.9.